The van der Waals surface area contributed by atoms with Crippen molar-refractivity contribution in [1.82, 2.24) is 0 Å². The van der Waals surface area contributed by atoms with Crippen LogP contribution in [0.15, 0.2) is 77.8 Å². The van der Waals surface area contributed by atoms with Crippen molar-refractivity contribution >= 4 is 40.3 Å². The first-order valence-electron chi connectivity index (χ1n) is 8.09. The average molecular weight is 363 g/mol. The summed E-state index contributed by atoms with van der Waals surface area (Å²) in [5.74, 6) is 0.501. The van der Waals surface area contributed by atoms with E-state index in [0.29, 0.717) is 22.2 Å². The molecule has 0 aromatic heterocycles. The number of hydrogen-bond donors (Lipinski definition) is 0. The van der Waals surface area contributed by atoms with Gasteiger partial charge in [0.05, 0.1) is 18.5 Å². The van der Waals surface area contributed by atoms with Gasteiger partial charge in [-0.2, -0.15) is 0 Å². The third kappa shape index (κ3) is 2.85. The van der Waals surface area contributed by atoms with Crippen molar-refractivity contribution in [2.24, 2.45) is 4.99 Å². The lowest BCUT2D eigenvalue weighted by Gasteiger charge is -2.17. The maximum atomic E-state index is 13.2. The molecular formula is C21H15ClN2O2. The van der Waals surface area contributed by atoms with Crippen molar-refractivity contribution in [3.63, 3.8) is 0 Å². The summed E-state index contributed by atoms with van der Waals surface area (Å²) in [5, 5.41) is 0.576. The lowest BCUT2D eigenvalue weighted by Crippen LogP contribution is -2.25. The van der Waals surface area contributed by atoms with Gasteiger partial charge in [-0.25, -0.2) is 4.99 Å². The molecule has 4 rings (SSSR count). The van der Waals surface area contributed by atoms with Gasteiger partial charge >= 0.3 is 0 Å². The van der Waals surface area contributed by atoms with Crippen LogP contribution in [0.5, 0.6) is 5.75 Å². The number of para-hydroxylation sites is 1. The number of anilines is 2. The fraction of sp³-hybridized carbons (Fsp3) is 0.0476. The number of rotatable bonds is 3. The van der Waals surface area contributed by atoms with Crippen LogP contribution in [0.25, 0.3) is 0 Å². The van der Waals surface area contributed by atoms with Crippen LogP contribution < -0.4 is 9.64 Å². The smallest absolute Gasteiger partial charge is 0.282 e. The van der Waals surface area contributed by atoms with E-state index < -0.39 is 0 Å². The van der Waals surface area contributed by atoms with E-state index >= 15 is 0 Å². The van der Waals surface area contributed by atoms with Crippen molar-refractivity contribution < 1.29 is 9.53 Å². The van der Waals surface area contributed by atoms with E-state index in [2.05, 4.69) is 4.99 Å². The number of carbonyl (C=O) groups is 1. The molecule has 0 bridgehead atoms. The van der Waals surface area contributed by atoms with Crippen LogP contribution in [0.3, 0.4) is 0 Å². The summed E-state index contributed by atoms with van der Waals surface area (Å²) in [7, 11) is 1.60. The van der Waals surface area contributed by atoms with Gasteiger partial charge < -0.3 is 4.74 Å². The van der Waals surface area contributed by atoms with Gasteiger partial charge in [0, 0.05) is 22.3 Å². The van der Waals surface area contributed by atoms with E-state index in [1.807, 2.05) is 60.7 Å². The average Bonchev–Trinajstić information content (AvgIpc) is 2.93. The Bertz CT molecular complexity index is 1020. The molecule has 0 saturated heterocycles. The molecular weight excluding hydrogens is 348 g/mol. The van der Waals surface area contributed by atoms with Gasteiger partial charge in [0.1, 0.15) is 11.5 Å². The van der Waals surface area contributed by atoms with Crippen molar-refractivity contribution in [1.29, 1.82) is 0 Å². The number of halogens is 1. The summed E-state index contributed by atoms with van der Waals surface area (Å²) in [6.07, 6.45) is 0. The fourth-order valence-electron chi connectivity index (χ4n) is 2.97. The molecule has 4 nitrogen and oxygen atoms in total. The molecule has 128 valence electrons. The number of benzene rings is 3. The van der Waals surface area contributed by atoms with Gasteiger partial charge in [-0.15, -0.1) is 0 Å². The number of methoxy groups -OCH3 is 1. The molecule has 26 heavy (non-hydrogen) atoms. The Labute approximate surface area is 156 Å². The van der Waals surface area contributed by atoms with E-state index in [-0.39, 0.29) is 5.91 Å². The second-order valence-electron chi connectivity index (χ2n) is 5.80. The molecule has 5 heteroatoms. The van der Waals surface area contributed by atoms with Gasteiger partial charge in [-0.3, -0.25) is 9.69 Å². The summed E-state index contributed by atoms with van der Waals surface area (Å²) in [6.45, 7) is 0. The number of aliphatic imine (C=N–C) groups is 1. The predicted octanol–water partition coefficient (Wildman–Crippen LogP) is 5.15. The van der Waals surface area contributed by atoms with Crippen molar-refractivity contribution in [3.05, 3.63) is 83.4 Å². The Morgan fingerprint density at radius 1 is 0.962 bits per heavy atom. The lowest BCUT2D eigenvalue weighted by atomic mass is 10.1. The molecule has 1 aliphatic rings. The molecule has 0 unspecified atom stereocenters. The Balaban J connectivity index is 1.89. The minimum atomic E-state index is -0.181. The van der Waals surface area contributed by atoms with Gasteiger partial charge in [0.2, 0.25) is 0 Å². The molecule has 0 atom stereocenters. The predicted molar refractivity (Wildman–Crippen MR) is 104 cm³/mol. The minimum Gasteiger partial charge on any atom is -0.497 e. The highest BCUT2D eigenvalue weighted by Crippen LogP contribution is 2.38. The number of nitrogens with zero attached hydrogens (tertiary/aromatic N) is 2. The van der Waals surface area contributed by atoms with Gasteiger partial charge in [-0.1, -0.05) is 35.9 Å². The maximum absolute atomic E-state index is 13.2. The van der Waals surface area contributed by atoms with Crippen LogP contribution >= 0.6 is 11.6 Å². The van der Waals surface area contributed by atoms with Gasteiger partial charge in [-0.05, 0) is 42.5 Å². The summed E-state index contributed by atoms with van der Waals surface area (Å²) in [6, 6.07) is 22.2. The van der Waals surface area contributed by atoms with E-state index in [4.69, 9.17) is 16.3 Å². The van der Waals surface area contributed by atoms with Crippen LogP contribution in [-0.4, -0.2) is 18.7 Å². The Morgan fingerprint density at radius 3 is 2.50 bits per heavy atom. The molecule has 1 amide bonds. The Kier molecular flexibility index (Phi) is 4.19. The standard InChI is InChI=1S/C21H15ClN2O2/c1-26-17-10-11-18-19(13-17)24(16-8-3-2-4-9-16)21(25)20(18)23-15-7-5-6-14(22)12-15/h2-13H,1H3. The number of amides is 1. The number of hydrogen-bond acceptors (Lipinski definition) is 3. The third-order valence-electron chi connectivity index (χ3n) is 4.17. The van der Waals surface area contributed by atoms with E-state index in [9.17, 15) is 4.79 Å². The quantitative estimate of drug-likeness (QED) is 0.646. The van der Waals surface area contributed by atoms with Crippen LogP contribution in [-0.2, 0) is 4.79 Å². The first-order valence-corrected chi connectivity index (χ1v) is 8.47. The SMILES string of the molecule is COc1ccc2c(c1)N(c1ccccc1)C(=O)C2=Nc1cccc(Cl)c1. The van der Waals surface area contributed by atoms with Crippen molar-refractivity contribution in [2.75, 3.05) is 12.0 Å². The molecule has 0 aliphatic carbocycles. The molecule has 0 saturated carbocycles. The molecule has 0 N–H and O–H groups in total. The first kappa shape index (κ1) is 16.4. The molecule has 1 heterocycles. The molecule has 1 aliphatic heterocycles. The highest BCUT2D eigenvalue weighted by molar-refractivity contribution is 6.56. The van der Waals surface area contributed by atoms with E-state index in [1.54, 1.807) is 24.1 Å². The van der Waals surface area contributed by atoms with Crippen LogP contribution in [0.2, 0.25) is 5.02 Å². The Hall–Kier alpha value is -3.11. The fourth-order valence-corrected chi connectivity index (χ4v) is 3.15. The van der Waals surface area contributed by atoms with Crippen LogP contribution in [0.1, 0.15) is 5.56 Å². The zero-order chi connectivity index (χ0) is 18.1. The minimum absolute atomic E-state index is 0.181. The maximum Gasteiger partial charge on any atom is 0.282 e. The second kappa shape index (κ2) is 6.65. The van der Waals surface area contributed by atoms with E-state index in [1.165, 1.54) is 0 Å². The number of fused-ring (bicyclic) bond motifs is 1. The van der Waals surface area contributed by atoms with Crippen molar-refractivity contribution in [2.45, 2.75) is 0 Å². The number of carbonyl (C=O) groups excluding carboxylic acids is 1. The normalized spacial score (nSPS) is 14.6. The molecule has 3 aromatic carbocycles. The molecule has 3 aromatic rings. The van der Waals surface area contributed by atoms with Gasteiger partial charge in [0.15, 0.2) is 0 Å². The van der Waals surface area contributed by atoms with Crippen molar-refractivity contribution in [3.8, 4) is 5.75 Å². The monoisotopic (exact) mass is 362 g/mol. The van der Waals surface area contributed by atoms with Crippen LogP contribution in [0.4, 0.5) is 17.1 Å². The third-order valence-corrected chi connectivity index (χ3v) is 4.41. The zero-order valence-corrected chi connectivity index (χ0v) is 14.8. The number of ether oxygens (including phenoxy) is 1. The van der Waals surface area contributed by atoms with Gasteiger partial charge in [0.25, 0.3) is 5.91 Å². The van der Waals surface area contributed by atoms with E-state index in [0.717, 1.165) is 16.9 Å². The summed E-state index contributed by atoms with van der Waals surface area (Å²) in [5.41, 5.74) is 3.32. The zero-order valence-electron chi connectivity index (χ0n) is 14.0. The largest absolute Gasteiger partial charge is 0.497 e. The second-order valence-corrected chi connectivity index (χ2v) is 6.24. The summed E-state index contributed by atoms with van der Waals surface area (Å²) >= 11 is 6.05. The molecule has 0 radical (unpaired) electrons. The topological polar surface area (TPSA) is 41.9 Å². The molecule has 0 spiro atoms. The highest BCUT2D eigenvalue weighted by Gasteiger charge is 2.35. The highest BCUT2D eigenvalue weighted by atomic mass is 35.5. The lowest BCUT2D eigenvalue weighted by molar-refractivity contribution is -0.111. The van der Waals surface area contributed by atoms with Crippen LogP contribution in [0, 0.1) is 0 Å². The summed E-state index contributed by atoms with van der Waals surface area (Å²) in [4.78, 5) is 19.4. The summed E-state index contributed by atoms with van der Waals surface area (Å²) < 4.78 is 5.33. The first-order chi connectivity index (χ1) is 12.7. The Morgan fingerprint density at radius 2 is 1.77 bits per heavy atom. The molecule has 0 fully saturated rings.